The van der Waals surface area contributed by atoms with Gasteiger partial charge in [0, 0.05) is 51.0 Å². The van der Waals surface area contributed by atoms with Gasteiger partial charge in [-0.15, -0.1) is 0 Å². The summed E-state index contributed by atoms with van der Waals surface area (Å²) in [6, 6.07) is 5.86. The molecule has 0 unspecified atom stereocenters. The van der Waals surface area contributed by atoms with Crippen LogP contribution in [0.15, 0.2) is 18.2 Å². The molecule has 2 fully saturated rings. The lowest BCUT2D eigenvalue weighted by atomic mass is 10.1. The summed E-state index contributed by atoms with van der Waals surface area (Å²) in [5.74, 6) is 0.977. The first-order valence-electron chi connectivity index (χ1n) is 8.89. The fourth-order valence-electron chi connectivity index (χ4n) is 3.29. The molecular weight excluding hydrogens is 304 g/mol. The van der Waals surface area contributed by atoms with Crippen LogP contribution in [0.25, 0.3) is 0 Å². The van der Waals surface area contributed by atoms with E-state index in [1.165, 1.54) is 0 Å². The van der Waals surface area contributed by atoms with Crippen molar-refractivity contribution in [3.05, 3.63) is 23.9 Å². The third kappa shape index (κ3) is 4.68. The fraction of sp³-hybridized carbons (Fsp3) is 0.667. The van der Waals surface area contributed by atoms with Crippen LogP contribution in [-0.4, -0.2) is 84.6 Å². The number of carbonyl (C=O) groups excluding carboxylic acids is 1. The molecule has 1 amide bonds. The Hall–Kier alpha value is -1.66. The number of aryl methyl sites for hydroxylation is 1. The Kier molecular flexibility index (Phi) is 5.68. The van der Waals surface area contributed by atoms with E-state index in [1.807, 2.05) is 30.0 Å². The van der Waals surface area contributed by atoms with Crippen LogP contribution in [0.4, 0.5) is 0 Å². The maximum absolute atomic E-state index is 12.4. The van der Waals surface area contributed by atoms with E-state index >= 15 is 0 Å². The summed E-state index contributed by atoms with van der Waals surface area (Å²) < 4.78 is 5.98. The summed E-state index contributed by atoms with van der Waals surface area (Å²) >= 11 is 0. The van der Waals surface area contributed by atoms with Gasteiger partial charge in [0.05, 0.1) is 6.54 Å². The highest BCUT2D eigenvalue weighted by Gasteiger charge is 2.25. The maximum atomic E-state index is 12.4. The topological polar surface area (TPSA) is 48.9 Å². The van der Waals surface area contributed by atoms with Gasteiger partial charge in [-0.25, -0.2) is 4.98 Å². The molecule has 0 aromatic carbocycles. The molecule has 0 aliphatic carbocycles. The Morgan fingerprint density at radius 3 is 2.54 bits per heavy atom. The van der Waals surface area contributed by atoms with E-state index in [9.17, 15) is 4.79 Å². The van der Waals surface area contributed by atoms with Crippen molar-refractivity contribution in [2.24, 2.45) is 0 Å². The van der Waals surface area contributed by atoms with Gasteiger partial charge in [0.2, 0.25) is 11.8 Å². The first-order valence-corrected chi connectivity index (χ1v) is 8.89. The zero-order valence-corrected chi connectivity index (χ0v) is 14.8. The molecule has 2 saturated heterocycles. The standard InChI is InChI=1S/C18H28N4O2/c1-15-4-3-5-17(19-15)24-16-6-8-21(9-7-16)14-18(23)22-12-10-20(2)11-13-22/h3-5,16H,6-14H2,1-2H3. The zero-order chi connectivity index (χ0) is 16.9. The van der Waals surface area contributed by atoms with E-state index in [1.54, 1.807) is 0 Å². The van der Waals surface area contributed by atoms with Crippen molar-refractivity contribution in [1.29, 1.82) is 0 Å². The van der Waals surface area contributed by atoms with Crippen molar-refractivity contribution in [2.45, 2.75) is 25.9 Å². The van der Waals surface area contributed by atoms with Crippen LogP contribution in [-0.2, 0) is 4.79 Å². The van der Waals surface area contributed by atoms with Gasteiger partial charge in [-0.05, 0) is 32.9 Å². The molecule has 3 rings (SSSR count). The number of rotatable bonds is 4. The Balaban J connectivity index is 1.41. The number of likely N-dealkylation sites (N-methyl/N-ethyl adjacent to an activating group) is 1. The maximum Gasteiger partial charge on any atom is 0.236 e. The number of piperazine rings is 1. The molecule has 3 heterocycles. The molecule has 0 spiro atoms. The van der Waals surface area contributed by atoms with E-state index in [2.05, 4.69) is 21.8 Å². The third-order valence-electron chi connectivity index (χ3n) is 4.90. The first-order chi connectivity index (χ1) is 11.6. The summed E-state index contributed by atoms with van der Waals surface area (Å²) in [6.45, 7) is 8.00. The molecule has 6 heteroatoms. The van der Waals surface area contributed by atoms with Gasteiger partial charge in [-0.3, -0.25) is 9.69 Å². The summed E-state index contributed by atoms with van der Waals surface area (Å²) in [6.07, 6.45) is 2.10. The van der Waals surface area contributed by atoms with Gasteiger partial charge in [0.1, 0.15) is 6.10 Å². The van der Waals surface area contributed by atoms with Gasteiger partial charge in [-0.2, -0.15) is 0 Å². The Labute approximate surface area is 144 Å². The second kappa shape index (κ2) is 7.94. The molecule has 2 aliphatic heterocycles. The number of hydrogen-bond acceptors (Lipinski definition) is 5. The third-order valence-corrected chi connectivity index (χ3v) is 4.90. The first kappa shape index (κ1) is 17.2. The Morgan fingerprint density at radius 2 is 1.88 bits per heavy atom. The number of pyridine rings is 1. The van der Waals surface area contributed by atoms with Crippen molar-refractivity contribution < 1.29 is 9.53 Å². The predicted octanol–water partition coefficient (Wildman–Crippen LogP) is 1.01. The van der Waals surface area contributed by atoms with Crippen LogP contribution in [0.5, 0.6) is 5.88 Å². The highest BCUT2D eigenvalue weighted by atomic mass is 16.5. The lowest BCUT2D eigenvalue weighted by Crippen LogP contribution is -2.51. The number of aromatic nitrogens is 1. The van der Waals surface area contributed by atoms with Crippen LogP contribution in [0.1, 0.15) is 18.5 Å². The monoisotopic (exact) mass is 332 g/mol. The van der Waals surface area contributed by atoms with Crippen LogP contribution >= 0.6 is 0 Å². The number of ether oxygens (including phenoxy) is 1. The van der Waals surface area contributed by atoms with Gasteiger partial charge in [-0.1, -0.05) is 6.07 Å². The van der Waals surface area contributed by atoms with Crippen LogP contribution in [0.3, 0.4) is 0 Å². The molecule has 132 valence electrons. The van der Waals surface area contributed by atoms with E-state index in [0.29, 0.717) is 12.4 Å². The largest absolute Gasteiger partial charge is 0.474 e. The van der Waals surface area contributed by atoms with Crippen molar-refractivity contribution in [2.75, 3.05) is 52.9 Å². The second-order valence-electron chi connectivity index (χ2n) is 6.89. The van der Waals surface area contributed by atoms with Crippen molar-refractivity contribution in [3.8, 4) is 5.88 Å². The minimum atomic E-state index is 0.203. The SMILES string of the molecule is Cc1cccc(OC2CCN(CC(=O)N3CCN(C)CC3)CC2)n1. The van der Waals surface area contributed by atoms with Crippen molar-refractivity contribution in [1.82, 2.24) is 19.7 Å². The summed E-state index contributed by atoms with van der Waals surface area (Å²) in [4.78, 5) is 23.3. The van der Waals surface area contributed by atoms with E-state index in [-0.39, 0.29) is 12.0 Å². The molecule has 0 saturated carbocycles. The fourth-order valence-corrected chi connectivity index (χ4v) is 3.29. The summed E-state index contributed by atoms with van der Waals surface area (Å²) in [7, 11) is 2.11. The molecule has 1 aromatic heterocycles. The molecule has 1 aromatic rings. The van der Waals surface area contributed by atoms with Crippen LogP contribution in [0.2, 0.25) is 0 Å². The van der Waals surface area contributed by atoms with E-state index in [4.69, 9.17) is 4.74 Å². The molecule has 2 aliphatic rings. The van der Waals surface area contributed by atoms with Crippen molar-refractivity contribution in [3.63, 3.8) is 0 Å². The van der Waals surface area contributed by atoms with Gasteiger partial charge in [0.15, 0.2) is 0 Å². The average molecular weight is 332 g/mol. The normalized spacial score (nSPS) is 21.0. The van der Waals surface area contributed by atoms with Gasteiger partial charge in [0.25, 0.3) is 0 Å². The number of carbonyl (C=O) groups is 1. The Morgan fingerprint density at radius 1 is 1.17 bits per heavy atom. The minimum absolute atomic E-state index is 0.203. The lowest BCUT2D eigenvalue weighted by molar-refractivity contribution is -0.134. The molecule has 6 nitrogen and oxygen atoms in total. The minimum Gasteiger partial charge on any atom is -0.474 e. The number of hydrogen-bond donors (Lipinski definition) is 0. The smallest absolute Gasteiger partial charge is 0.236 e. The lowest BCUT2D eigenvalue weighted by Gasteiger charge is -2.36. The number of likely N-dealkylation sites (tertiary alicyclic amines) is 1. The second-order valence-corrected chi connectivity index (χ2v) is 6.89. The highest BCUT2D eigenvalue weighted by Crippen LogP contribution is 2.17. The number of nitrogens with zero attached hydrogens (tertiary/aromatic N) is 4. The molecule has 0 bridgehead atoms. The van der Waals surface area contributed by atoms with Gasteiger partial charge >= 0.3 is 0 Å². The predicted molar refractivity (Wildman–Crippen MR) is 93.1 cm³/mol. The van der Waals surface area contributed by atoms with E-state index < -0.39 is 0 Å². The molecule has 24 heavy (non-hydrogen) atoms. The molecule has 0 N–H and O–H groups in total. The van der Waals surface area contributed by atoms with Crippen LogP contribution < -0.4 is 4.74 Å². The van der Waals surface area contributed by atoms with Crippen molar-refractivity contribution >= 4 is 5.91 Å². The molecule has 0 atom stereocenters. The highest BCUT2D eigenvalue weighted by molar-refractivity contribution is 5.78. The molecular formula is C18H28N4O2. The van der Waals surface area contributed by atoms with Crippen LogP contribution in [0, 0.1) is 6.92 Å². The number of piperidine rings is 1. The summed E-state index contributed by atoms with van der Waals surface area (Å²) in [5.41, 5.74) is 0.975. The zero-order valence-electron chi connectivity index (χ0n) is 14.8. The number of amides is 1. The average Bonchev–Trinajstić information content (AvgIpc) is 2.57. The molecule has 0 radical (unpaired) electrons. The Bertz CT molecular complexity index is 550. The summed E-state index contributed by atoms with van der Waals surface area (Å²) in [5, 5.41) is 0. The quantitative estimate of drug-likeness (QED) is 0.823. The van der Waals surface area contributed by atoms with Gasteiger partial charge < -0.3 is 14.5 Å². The van der Waals surface area contributed by atoms with E-state index in [0.717, 1.165) is 57.8 Å².